The topological polar surface area (TPSA) is 84.9 Å². The minimum absolute atomic E-state index is 0.0312. The highest BCUT2D eigenvalue weighted by Gasteiger charge is 2.16. The minimum atomic E-state index is -1.09. The van der Waals surface area contributed by atoms with Crippen molar-refractivity contribution in [3.05, 3.63) is 29.3 Å². The van der Waals surface area contributed by atoms with Crippen LogP contribution in [0.2, 0.25) is 0 Å². The van der Waals surface area contributed by atoms with Crippen molar-refractivity contribution < 1.29 is 24.2 Å². The van der Waals surface area contributed by atoms with Gasteiger partial charge in [-0.2, -0.15) is 0 Å². The number of methoxy groups -OCH3 is 1. The van der Waals surface area contributed by atoms with Crippen LogP contribution < -0.4 is 10.1 Å². The Labute approximate surface area is 123 Å². The van der Waals surface area contributed by atoms with E-state index in [1.54, 1.807) is 0 Å². The molecule has 0 aromatic heterocycles. The van der Waals surface area contributed by atoms with Gasteiger partial charge in [0.2, 0.25) is 0 Å². The van der Waals surface area contributed by atoms with Crippen molar-refractivity contribution in [2.45, 2.75) is 12.8 Å². The highest BCUT2D eigenvalue weighted by molar-refractivity contribution is 5.98. The van der Waals surface area contributed by atoms with Gasteiger partial charge in [-0.15, -0.1) is 0 Å². The largest absolute Gasteiger partial charge is 0.497 e. The van der Waals surface area contributed by atoms with Gasteiger partial charge in [0.25, 0.3) is 5.91 Å². The summed E-state index contributed by atoms with van der Waals surface area (Å²) in [6.45, 7) is 2.08. The van der Waals surface area contributed by atoms with E-state index in [2.05, 4.69) is 5.32 Å². The van der Waals surface area contributed by atoms with Gasteiger partial charge in [-0.3, -0.25) is 4.79 Å². The van der Waals surface area contributed by atoms with Crippen molar-refractivity contribution in [1.29, 1.82) is 0 Å². The lowest BCUT2D eigenvalue weighted by Gasteiger charge is -2.10. The molecule has 6 nitrogen and oxygen atoms in total. The smallest absolute Gasteiger partial charge is 0.335 e. The molecule has 1 aliphatic rings. The Kier molecular flexibility index (Phi) is 5.16. The highest BCUT2D eigenvalue weighted by atomic mass is 16.5. The van der Waals surface area contributed by atoms with Crippen LogP contribution in [0.1, 0.15) is 33.6 Å². The van der Waals surface area contributed by atoms with Gasteiger partial charge in [0.15, 0.2) is 0 Å². The number of ether oxygens (including phenoxy) is 2. The van der Waals surface area contributed by atoms with Gasteiger partial charge in [0.05, 0.1) is 12.7 Å². The number of benzene rings is 1. The maximum Gasteiger partial charge on any atom is 0.335 e. The second kappa shape index (κ2) is 7.08. The monoisotopic (exact) mass is 293 g/mol. The van der Waals surface area contributed by atoms with E-state index in [9.17, 15) is 9.59 Å². The average Bonchev–Trinajstić information content (AvgIpc) is 2.99. The molecular formula is C15H19NO5. The molecule has 0 spiro atoms. The third kappa shape index (κ3) is 4.19. The number of carbonyl (C=O) groups is 2. The molecule has 6 heteroatoms. The molecule has 1 fully saturated rings. The number of hydrogen-bond donors (Lipinski definition) is 2. The van der Waals surface area contributed by atoms with Crippen LogP contribution in [-0.2, 0) is 4.74 Å². The van der Waals surface area contributed by atoms with E-state index in [0.717, 1.165) is 26.1 Å². The summed E-state index contributed by atoms with van der Waals surface area (Å²) in [5.74, 6) is -0.546. The van der Waals surface area contributed by atoms with Crippen LogP contribution in [0.25, 0.3) is 0 Å². The summed E-state index contributed by atoms with van der Waals surface area (Å²) < 4.78 is 10.3. The average molecular weight is 293 g/mol. The standard InChI is InChI=1S/C15H19NO5/c1-20-13-7-11(6-12(8-13)15(18)19)14(17)16-4-2-10-3-5-21-9-10/h6-8,10H,2-5,9H2,1H3,(H,16,17)(H,18,19)/t10-/m0/s1. The molecule has 2 N–H and O–H groups in total. The zero-order valence-electron chi connectivity index (χ0n) is 11.9. The van der Waals surface area contributed by atoms with E-state index in [0.29, 0.717) is 18.2 Å². The predicted molar refractivity (Wildman–Crippen MR) is 75.8 cm³/mol. The molecule has 0 aliphatic carbocycles. The number of rotatable bonds is 6. The van der Waals surface area contributed by atoms with Gasteiger partial charge in [0.1, 0.15) is 5.75 Å². The lowest BCUT2D eigenvalue weighted by molar-refractivity contribution is 0.0696. The first-order valence-electron chi connectivity index (χ1n) is 6.88. The van der Waals surface area contributed by atoms with Crippen molar-refractivity contribution in [3.8, 4) is 5.75 Å². The zero-order chi connectivity index (χ0) is 15.2. The van der Waals surface area contributed by atoms with Crippen molar-refractivity contribution >= 4 is 11.9 Å². The fraction of sp³-hybridized carbons (Fsp3) is 0.467. The predicted octanol–water partition coefficient (Wildman–Crippen LogP) is 1.55. The van der Waals surface area contributed by atoms with Crippen LogP contribution in [-0.4, -0.2) is 43.9 Å². The molecule has 1 aliphatic heterocycles. The molecule has 0 saturated carbocycles. The van der Waals surface area contributed by atoms with Crippen LogP contribution in [0.3, 0.4) is 0 Å². The van der Waals surface area contributed by atoms with Gasteiger partial charge in [0, 0.05) is 25.3 Å². The van der Waals surface area contributed by atoms with Crippen LogP contribution >= 0.6 is 0 Å². The summed E-state index contributed by atoms with van der Waals surface area (Å²) in [7, 11) is 1.43. The molecule has 1 aromatic rings. The molecule has 0 unspecified atom stereocenters. The Bertz CT molecular complexity index is 523. The van der Waals surface area contributed by atoms with E-state index in [-0.39, 0.29) is 17.0 Å². The van der Waals surface area contributed by atoms with Crippen molar-refractivity contribution in [1.82, 2.24) is 5.32 Å². The summed E-state index contributed by atoms with van der Waals surface area (Å²) in [5.41, 5.74) is 0.318. The zero-order valence-corrected chi connectivity index (χ0v) is 11.9. The van der Waals surface area contributed by atoms with Crippen molar-refractivity contribution in [3.63, 3.8) is 0 Å². The third-order valence-corrected chi connectivity index (χ3v) is 3.51. The number of carbonyl (C=O) groups excluding carboxylic acids is 1. The lowest BCUT2D eigenvalue weighted by atomic mass is 10.1. The van der Waals surface area contributed by atoms with E-state index < -0.39 is 5.97 Å². The Balaban J connectivity index is 1.97. The molecule has 21 heavy (non-hydrogen) atoms. The summed E-state index contributed by atoms with van der Waals surface area (Å²) in [6.07, 6.45) is 1.89. The maximum atomic E-state index is 12.1. The van der Waals surface area contributed by atoms with Crippen LogP contribution in [0.4, 0.5) is 0 Å². The lowest BCUT2D eigenvalue weighted by Crippen LogP contribution is -2.26. The maximum absolute atomic E-state index is 12.1. The third-order valence-electron chi connectivity index (χ3n) is 3.51. The van der Waals surface area contributed by atoms with Crippen LogP contribution in [0, 0.1) is 5.92 Å². The van der Waals surface area contributed by atoms with E-state index in [1.165, 1.54) is 25.3 Å². The molecule has 2 rings (SSSR count). The molecule has 1 heterocycles. The van der Waals surface area contributed by atoms with Gasteiger partial charge >= 0.3 is 5.97 Å². The second-order valence-electron chi connectivity index (χ2n) is 5.03. The Hall–Kier alpha value is -2.08. The number of hydrogen-bond acceptors (Lipinski definition) is 4. The van der Waals surface area contributed by atoms with Crippen LogP contribution in [0.15, 0.2) is 18.2 Å². The number of amides is 1. The Morgan fingerprint density at radius 1 is 1.38 bits per heavy atom. The summed E-state index contributed by atoms with van der Waals surface area (Å²) in [6, 6.07) is 4.26. The van der Waals surface area contributed by atoms with Crippen molar-refractivity contribution in [2.75, 3.05) is 26.9 Å². The molecule has 1 saturated heterocycles. The van der Waals surface area contributed by atoms with E-state index in [4.69, 9.17) is 14.6 Å². The van der Waals surface area contributed by atoms with Gasteiger partial charge in [-0.1, -0.05) is 0 Å². The summed E-state index contributed by atoms with van der Waals surface area (Å²) >= 11 is 0. The van der Waals surface area contributed by atoms with Gasteiger partial charge in [-0.25, -0.2) is 4.79 Å². The van der Waals surface area contributed by atoms with E-state index in [1.807, 2.05) is 0 Å². The quantitative estimate of drug-likeness (QED) is 0.831. The molecule has 0 bridgehead atoms. The SMILES string of the molecule is COc1cc(C(=O)O)cc(C(=O)NCC[C@H]2CCOC2)c1. The second-order valence-corrected chi connectivity index (χ2v) is 5.03. The molecule has 0 radical (unpaired) electrons. The Morgan fingerprint density at radius 3 is 2.76 bits per heavy atom. The number of nitrogens with one attached hydrogen (secondary N) is 1. The van der Waals surface area contributed by atoms with E-state index >= 15 is 0 Å². The normalized spacial score (nSPS) is 17.5. The van der Waals surface area contributed by atoms with Gasteiger partial charge < -0.3 is 19.9 Å². The molecule has 1 atom stereocenters. The fourth-order valence-electron chi connectivity index (χ4n) is 2.27. The first-order chi connectivity index (χ1) is 10.1. The molecular weight excluding hydrogens is 274 g/mol. The summed E-state index contributed by atoms with van der Waals surface area (Å²) in [5, 5.41) is 11.8. The molecule has 1 aromatic carbocycles. The summed E-state index contributed by atoms with van der Waals surface area (Å²) in [4.78, 5) is 23.1. The number of carboxylic acid groups (broad SMARTS) is 1. The minimum Gasteiger partial charge on any atom is -0.497 e. The number of carboxylic acids is 1. The first kappa shape index (κ1) is 15.3. The van der Waals surface area contributed by atoms with Crippen molar-refractivity contribution in [2.24, 2.45) is 5.92 Å². The number of aromatic carboxylic acids is 1. The Morgan fingerprint density at radius 2 is 2.14 bits per heavy atom. The highest BCUT2D eigenvalue weighted by Crippen LogP contribution is 2.18. The van der Waals surface area contributed by atoms with Gasteiger partial charge in [-0.05, 0) is 37.0 Å². The van der Waals surface area contributed by atoms with Crippen LogP contribution in [0.5, 0.6) is 5.75 Å². The molecule has 114 valence electrons. The first-order valence-corrected chi connectivity index (χ1v) is 6.88. The molecule has 1 amide bonds. The fourth-order valence-corrected chi connectivity index (χ4v) is 2.27.